The van der Waals surface area contributed by atoms with Crippen LogP contribution >= 0.6 is 0 Å². The highest BCUT2D eigenvalue weighted by Crippen LogP contribution is 2.23. The van der Waals surface area contributed by atoms with E-state index in [9.17, 15) is 14.7 Å². The van der Waals surface area contributed by atoms with Gasteiger partial charge in [-0.25, -0.2) is 0 Å². The lowest BCUT2D eigenvalue weighted by Gasteiger charge is -2.30. The van der Waals surface area contributed by atoms with Crippen molar-refractivity contribution in [1.29, 1.82) is 0 Å². The van der Waals surface area contributed by atoms with E-state index in [1.807, 2.05) is 25.1 Å². The number of carbonyl (C=O) groups excluding carboxylic acids is 2. The molecule has 1 saturated heterocycles. The summed E-state index contributed by atoms with van der Waals surface area (Å²) in [5.41, 5.74) is -0.201. The summed E-state index contributed by atoms with van der Waals surface area (Å²) in [5, 5.41) is 13.3. The van der Waals surface area contributed by atoms with Gasteiger partial charge in [0.1, 0.15) is 0 Å². The van der Waals surface area contributed by atoms with E-state index in [4.69, 9.17) is 0 Å². The van der Waals surface area contributed by atoms with E-state index in [2.05, 4.69) is 5.32 Å². The molecule has 0 spiro atoms. The Bertz CT molecular complexity index is 562. The van der Waals surface area contributed by atoms with Gasteiger partial charge in [-0.05, 0) is 45.5 Å². The quantitative estimate of drug-likeness (QED) is 0.833. The topological polar surface area (TPSA) is 72.9 Å². The molecule has 2 rings (SSSR count). The average molecular weight is 333 g/mol. The van der Waals surface area contributed by atoms with E-state index in [1.54, 1.807) is 29.2 Å². The van der Waals surface area contributed by atoms with Crippen molar-refractivity contribution in [3.63, 3.8) is 0 Å². The van der Waals surface area contributed by atoms with E-state index >= 15 is 0 Å². The molecule has 1 aromatic rings. The van der Waals surface area contributed by atoms with Crippen LogP contribution in [0.4, 0.5) is 0 Å². The standard InChI is InChI=1S/C18H27N3O3/c1-20(2)14-18(24)9-6-11-21(12-10-18)16(22)13-19-17(23)15-7-4-3-5-8-15/h3-5,7-8,24H,6,9-14H2,1-2H3,(H,19,23)/t18-/m0/s1. The maximum Gasteiger partial charge on any atom is 0.251 e. The third-order valence-electron chi connectivity index (χ3n) is 4.32. The Hall–Kier alpha value is -1.92. The van der Waals surface area contributed by atoms with Crippen molar-refractivity contribution in [2.45, 2.75) is 24.9 Å². The minimum atomic E-state index is -0.744. The predicted molar refractivity (Wildman–Crippen MR) is 92.7 cm³/mol. The Morgan fingerprint density at radius 1 is 1.21 bits per heavy atom. The first-order valence-corrected chi connectivity index (χ1v) is 8.38. The van der Waals surface area contributed by atoms with E-state index in [-0.39, 0.29) is 18.4 Å². The normalized spacial score (nSPS) is 21.4. The summed E-state index contributed by atoms with van der Waals surface area (Å²) in [6.45, 7) is 1.72. The predicted octanol–water partition coefficient (Wildman–Crippen LogP) is 0.722. The number of carbonyl (C=O) groups is 2. The molecule has 1 atom stereocenters. The molecular formula is C18H27N3O3. The molecule has 1 aromatic carbocycles. The summed E-state index contributed by atoms with van der Waals surface area (Å²) in [4.78, 5) is 28.0. The number of nitrogens with zero attached hydrogens (tertiary/aromatic N) is 2. The first-order valence-electron chi connectivity index (χ1n) is 8.38. The van der Waals surface area contributed by atoms with Crippen LogP contribution < -0.4 is 5.32 Å². The number of nitrogens with one attached hydrogen (secondary N) is 1. The van der Waals surface area contributed by atoms with E-state index in [1.165, 1.54) is 0 Å². The highest BCUT2D eigenvalue weighted by Gasteiger charge is 2.31. The minimum absolute atomic E-state index is 0.0141. The largest absolute Gasteiger partial charge is 0.388 e. The van der Waals surface area contributed by atoms with Crippen LogP contribution in [0.2, 0.25) is 0 Å². The molecule has 1 heterocycles. The van der Waals surface area contributed by atoms with Gasteiger partial charge in [0.05, 0.1) is 12.1 Å². The maximum atomic E-state index is 12.3. The molecule has 1 aliphatic heterocycles. The Morgan fingerprint density at radius 3 is 2.58 bits per heavy atom. The first kappa shape index (κ1) is 18.4. The van der Waals surface area contributed by atoms with Gasteiger partial charge in [-0.2, -0.15) is 0 Å². The summed E-state index contributed by atoms with van der Waals surface area (Å²) >= 11 is 0. The van der Waals surface area contributed by atoms with Crippen LogP contribution in [0.1, 0.15) is 29.6 Å². The number of amides is 2. The number of aliphatic hydroxyl groups is 1. The lowest BCUT2D eigenvalue weighted by Crippen LogP contribution is -2.43. The van der Waals surface area contributed by atoms with Crippen molar-refractivity contribution in [3.8, 4) is 0 Å². The molecule has 24 heavy (non-hydrogen) atoms. The summed E-state index contributed by atoms with van der Waals surface area (Å²) < 4.78 is 0. The van der Waals surface area contributed by atoms with Gasteiger partial charge in [0, 0.05) is 25.2 Å². The molecule has 0 aromatic heterocycles. The van der Waals surface area contributed by atoms with Crippen molar-refractivity contribution >= 4 is 11.8 Å². The fourth-order valence-corrected chi connectivity index (χ4v) is 3.13. The zero-order valence-corrected chi connectivity index (χ0v) is 14.5. The third kappa shape index (κ3) is 5.32. The second kappa shape index (κ2) is 8.26. The maximum absolute atomic E-state index is 12.3. The Kier molecular flexibility index (Phi) is 6.34. The molecule has 2 amide bonds. The van der Waals surface area contributed by atoms with Gasteiger partial charge in [-0.3, -0.25) is 9.59 Å². The van der Waals surface area contributed by atoms with Gasteiger partial charge in [0.15, 0.2) is 0 Å². The van der Waals surface area contributed by atoms with Gasteiger partial charge in [-0.15, -0.1) is 0 Å². The van der Waals surface area contributed by atoms with Crippen LogP contribution in [0, 0.1) is 0 Å². The minimum Gasteiger partial charge on any atom is -0.388 e. The molecule has 2 N–H and O–H groups in total. The molecule has 0 bridgehead atoms. The van der Waals surface area contributed by atoms with Crippen LogP contribution in [-0.2, 0) is 4.79 Å². The van der Waals surface area contributed by atoms with Crippen LogP contribution in [-0.4, -0.2) is 72.6 Å². The third-order valence-corrected chi connectivity index (χ3v) is 4.32. The number of likely N-dealkylation sites (tertiary alicyclic amines) is 1. The molecule has 0 unspecified atom stereocenters. The van der Waals surface area contributed by atoms with Crippen LogP contribution in [0.3, 0.4) is 0 Å². The summed E-state index contributed by atoms with van der Waals surface area (Å²) in [6, 6.07) is 8.85. The molecule has 1 fully saturated rings. The fourth-order valence-electron chi connectivity index (χ4n) is 3.13. The molecule has 6 nitrogen and oxygen atoms in total. The van der Waals surface area contributed by atoms with Crippen LogP contribution in [0.5, 0.6) is 0 Å². The fraction of sp³-hybridized carbons (Fsp3) is 0.556. The van der Waals surface area contributed by atoms with Crippen molar-refractivity contribution in [1.82, 2.24) is 15.1 Å². The lowest BCUT2D eigenvalue weighted by molar-refractivity contribution is -0.130. The average Bonchev–Trinajstić information content (AvgIpc) is 2.74. The summed E-state index contributed by atoms with van der Waals surface area (Å²) in [6.07, 6.45) is 2.01. The Morgan fingerprint density at radius 2 is 1.92 bits per heavy atom. The molecule has 132 valence electrons. The summed E-state index contributed by atoms with van der Waals surface area (Å²) in [7, 11) is 3.87. The lowest BCUT2D eigenvalue weighted by atomic mass is 9.94. The number of hydrogen-bond donors (Lipinski definition) is 2. The zero-order chi connectivity index (χ0) is 17.6. The molecule has 0 saturated carbocycles. The first-order chi connectivity index (χ1) is 11.4. The van der Waals surface area contributed by atoms with Crippen molar-refractivity contribution < 1.29 is 14.7 Å². The van der Waals surface area contributed by atoms with Gasteiger partial charge in [0.25, 0.3) is 5.91 Å². The van der Waals surface area contributed by atoms with E-state index < -0.39 is 5.60 Å². The van der Waals surface area contributed by atoms with Crippen LogP contribution in [0.15, 0.2) is 30.3 Å². The van der Waals surface area contributed by atoms with Gasteiger partial charge < -0.3 is 20.2 Å². The number of hydrogen-bond acceptors (Lipinski definition) is 4. The molecular weight excluding hydrogens is 306 g/mol. The van der Waals surface area contributed by atoms with E-state index in [0.717, 1.165) is 6.42 Å². The Labute approximate surface area is 143 Å². The van der Waals surface area contributed by atoms with Gasteiger partial charge >= 0.3 is 0 Å². The molecule has 0 aliphatic carbocycles. The Balaban J connectivity index is 1.84. The summed E-state index contributed by atoms with van der Waals surface area (Å²) in [5.74, 6) is -0.351. The van der Waals surface area contributed by atoms with Gasteiger partial charge in [0.2, 0.25) is 5.91 Å². The van der Waals surface area contributed by atoms with Crippen molar-refractivity contribution in [2.75, 3.05) is 40.3 Å². The number of likely N-dealkylation sites (N-methyl/N-ethyl adjacent to an activating group) is 1. The smallest absolute Gasteiger partial charge is 0.251 e. The number of benzene rings is 1. The van der Waals surface area contributed by atoms with Crippen molar-refractivity contribution in [3.05, 3.63) is 35.9 Å². The second-order valence-corrected chi connectivity index (χ2v) is 6.75. The molecule has 1 aliphatic rings. The molecule has 0 radical (unpaired) electrons. The van der Waals surface area contributed by atoms with Crippen molar-refractivity contribution in [2.24, 2.45) is 0 Å². The number of rotatable bonds is 5. The van der Waals surface area contributed by atoms with Gasteiger partial charge in [-0.1, -0.05) is 18.2 Å². The monoisotopic (exact) mass is 333 g/mol. The highest BCUT2D eigenvalue weighted by molar-refractivity contribution is 5.96. The second-order valence-electron chi connectivity index (χ2n) is 6.75. The SMILES string of the molecule is CN(C)C[C@]1(O)CCCN(C(=O)CNC(=O)c2ccccc2)CC1. The molecule has 6 heteroatoms. The van der Waals surface area contributed by atoms with E-state index in [0.29, 0.717) is 38.0 Å². The zero-order valence-electron chi connectivity index (χ0n) is 14.5. The van der Waals surface area contributed by atoms with Crippen LogP contribution in [0.25, 0.3) is 0 Å². The highest BCUT2D eigenvalue weighted by atomic mass is 16.3.